The molecule has 2 spiro atoms. The van der Waals surface area contributed by atoms with Crippen molar-refractivity contribution < 1.29 is 38.7 Å². The smallest absolute Gasteiger partial charge is 0.303 e. The number of aliphatic hydroxyl groups excluding tert-OH is 2. The lowest BCUT2D eigenvalue weighted by Gasteiger charge is -2.58. The first-order valence-corrected chi connectivity index (χ1v) is 39.6. The molecule has 2 saturated heterocycles. The molecule has 0 amide bonds. The zero-order chi connectivity index (χ0) is 67.4. The molecule has 2 aliphatic heterocycles. The fourth-order valence-corrected chi connectivity index (χ4v) is 28.2. The summed E-state index contributed by atoms with van der Waals surface area (Å²) in [5.74, 6) is 9.06. The molecule has 8 nitrogen and oxygen atoms in total. The molecule has 97 heavy (non-hydrogen) atoms. The summed E-state index contributed by atoms with van der Waals surface area (Å²) >= 11 is 0. The lowest BCUT2D eigenvalue weighted by Crippen LogP contribution is -2.53. The van der Waals surface area contributed by atoms with Crippen molar-refractivity contribution in [1.29, 1.82) is 0 Å². The van der Waals surface area contributed by atoms with Gasteiger partial charge in [0.2, 0.25) is 0 Å². The van der Waals surface area contributed by atoms with E-state index in [-0.39, 0.29) is 76.6 Å². The Balaban J connectivity index is 0.000000111. The molecule has 2 heterocycles. The number of fused-ring (bicyclic) bond motifs is 22. The van der Waals surface area contributed by atoms with Gasteiger partial charge in [0.25, 0.3) is 0 Å². The Hall–Kier alpha value is -3.82. The van der Waals surface area contributed by atoms with Crippen LogP contribution in [0.15, 0.2) is 120 Å². The number of carbonyl (C=O) groups excluding carboxylic acids is 2. The van der Waals surface area contributed by atoms with Gasteiger partial charge in [0.15, 0.2) is 0 Å². The molecule has 18 rings (SSSR count). The highest BCUT2D eigenvalue weighted by atomic mass is 16.5. The maximum absolute atomic E-state index is 11.4. The van der Waals surface area contributed by atoms with E-state index < -0.39 is 0 Å². The standard InChI is InChI=1S/C24H34O3.C22H32O2.C22H30O2.C20H28O.CH4/c1-16(25)27-18-7-11-22(2)17(15-18)5-6-19-20(22)8-12-23(3)21(19)9-13-24(23)10-4-14-26-24;1-20-10-6-16(23)14-15(20)4-5-17-18(20)7-11-21(2)19(17)8-12-22(21)9-3-13-24-22;1-14-5-8-19-18-7-6-16-13-17(24-15(2)23)9-11-22(16,4)20(18)10-12-21(14,19)3;1-13-4-7-17-16-6-5-14-12-15(21)8-10-20(14,3)18(16)9-11-19(13,17)2;/h5,7,11,18-21H,4,6,8-10,12-15H2,1-3H3;4,6,10,16-19,23H,3,5,7-9,11-14H2,1-2H3;6,9,11,17-20H,1,5,7-8,10,12-13H2,2-4H3;5,8,10,15-18,21H,1,4,6-7,9,11-12H2,2-3H3;1H4/t18-,19+,20-,21-,22-,23-,24?;16-,17+,18-,19-,20-,21-,22?;17-,18-,19-,20-,21+,22-;15-,16-,17-,18-,19+,20-;/m0000./s1. The van der Waals surface area contributed by atoms with Gasteiger partial charge in [-0.3, -0.25) is 9.59 Å². The molecule has 16 aliphatic carbocycles. The Morgan fingerprint density at radius 1 is 0.423 bits per heavy atom. The van der Waals surface area contributed by atoms with Crippen LogP contribution < -0.4 is 0 Å². The molecule has 0 bridgehead atoms. The minimum atomic E-state index is -0.267. The van der Waals surface area contributed by atoms with E-state index in [9.17, 15) is 19.8 Å². The number of esters is 2. The summed E-state index contributed by atoms with van der Waals surface area (Å²) in [5.41, 5.74) is 11.6. The molecule has 2 unspecified atom stereocenters. The van der Waals surface area contributed by atoms with Crippen molar-refractivity contribution in [2.45, 2.75) is 292 Å². The normalized spacial score (nSPS) is 50.7. The highest BCUT2D eigenvalue weighted by molar-refractivity contribution is 5.67. The van der Waals surface area contributed by atoms with Crippen molar-refractivity contribution in [3.8, 4) is 0 Å². The molecule has 8 heteroatoms. The number of allylic oxidation sites excluding steroid dienone is 10. The largest absolute Gasteiger partial charge is 0.458 e. The van der Waals surface area contributed by atoms with E-state index >= 15 is 0 Å². The molecule has 18 aliphatic rings. The number of hydrogen-bond donors (Lipinski definition) is 2. The van der Waals surface area contributed by atoms with Gasteiger partial charge in [0.1, 0.15) is 12.2 Å². The molecular formula is C89H128O8. The minimum absolute atomic E-state index is 0. The molecule has 0 radical (unpaired) electrons. The van der Waals surface area contributed by atoms with Crippen LogP contribution in [0.3, 0.4) is 0 Å². The third kappa shape index (κ3) is 10.9. The van der Waals surface area contributed by atoms with Gasteiger partial charge in [0, 0.05) is 61.6 Å². The average molecular weight is 1330 g/mol. The molecule has 0 aromatic carbocycles. The minimum Gasteiger partial charge on any atom is -0.458 e. The maximum Gasteiger partial charge on any atom is 0.303 e. The number of aliphatic hydroxyl groups is 2. The van der Waals surface area contributed by atoms with Crippen LogP contribution in [0.25, 0.3) is 0 Å². The summed E-state index contributed by atoms with van der Waals surface area (Å²) in [6, 6.07) is 0. The van der Waals surface area contributed by atoms with Gasteiger partial charge in [-0.1, -0.05) is 170 Å². The SMILES string of the molecule is C.C=C1CC[C@H]2[C@@H]3CC=C4C[C@@H](O)C=C[C@]4(C)[C@H]3CC[C@]12C.C=C1CC[C@H]2[C@@H]3CC=C4C[C@@H](OC(C)=O)C=C[C@]4(C)[C@H]3CC[C@]12C.CC(=O)O[C@H]1C=C[C@@]2(C)C(=CC[C@@H]3[C@@H]2CC[C@@]2(C)[C@H]3CCC23CCCO3)C1.C[C@]12C=C[C@H](O)CC1=CC[C@@H]1[C@@H]2CC[C@@]2(C)[C@H]1CCC21CCCO1. The van der Waals surface area contributed by atoms with Crippen LogP contribution in [0, 0.1) is 114 Å². The summed E-state index contributed by atoms with van der Waals surface area (Å²) in [6.07, 6.45) is 61.4. The number of carbonyl (C=O) groups is 2. The van der Waals surface area contributed by atoms with Crippen LogP contribution >= 0.6 is 0 Å². The van der Waals surface area contributed by atoms with Crippen LogP contribution in [0.5, 0.6) is 0 Å². The first-order valence-electron chi connectivity index (χ1n) is 39.6. The molecule has 532 valence electrons. The van der Waals surface area contributed by atoms with Gasteiger partial charge in [-0.25, -0.2) is 0 Å². The quantitative estimate of drug-likeness (QED) is 0.208. The molecule has 26 atom stereocenters. The maximum atomic E-state index is 11.4. The molecule has 8 saturated carbocycles. The van der Waals surface area contributed by atoms with E-state index in [1.165, 1.54) is 201 Å². The Labute approximate surface area is 586 Å². The topological polar surface area (TPSA) is 112 Å². The number of ether oxygens (including phenoxy) is 4. The summed E-state index contributed by atoms with van der Waals surface area (Å²) in [4.78, 5) is 22.7. The van der Waals surface area contributed by atoms with Gasteiger partial charge in [-0.15, -0.1) is 0 Å². The fraction of sp³-hybridized carbons (Fsp3) is 0.753. The highest BCUT2D eigenvalue weighted by Crippen LogP contribution is 2.72. The van der Waals surface area contributed by atoms with Gasteiger partial charge in [-0.2, -0.15) is 0 Å². The van der Waals surface area contributed by atoms with Crippen LogP contribution in [-0.2, 0) is 28.5 Å². The summed E-state index contributed by atoms with van der Waals surface area (Å²) in [5, 5.41) is 20.0. The first kappa shape index (κ1) is 70.2. The Morgan fingerprint density at radius 3 is 1.08 bits per heavy atom. The third-order valence-electron chi connectivity index (χ3n) is 33.8. The monoisotopic (exact) mass is 1320 g/mol. The summed E-state index contributed by atoms with van der Waals surface area (Å²) in [6.45, 7) is 33.6. The van der Waals surface area contributed by atoms with Crippen molar-refractivity contribution in [3.05, 3.63) is 120 Å². The Bertz CT molecular complexity index is 3350. The lowest BCUT2D eigenvalue weighted by molar-refractivity contribution is -0.145. The zero-order valence-corrected chi connectivity index (χ0v) is 61.1. The van der Waals surface area contributed by atoms with E-state index in [4.69, 9.17) is 18.9 Å². The van der Waals surface area contributed by atoms with Crippen LogP contribution in [-0.4, -0.2) is 71.0 Å². The van der Waals surface area contributed by atoms with Crippen molar-refractivity contribution in [2.24, 2.45) is 114 Å². The molecule has 0 aromatic rings. The second kappa shape index (κ2) is 25.3. The van der Waals surface area contributed by atoms with Crippen molar-refractivity contribution in [2.75, 3.05) is 13.2 Å². The van der Waals surface area contributed by atoms with Crippen LogP contribution in [0.1, 0.15) is 256 Å². The lowest BCUT2D eigenvalue weighted by atomic mass is 9.48. The summed E-state index contributed by atoms with van der Waals surface area (Å²) < 4.78 is 23.8. The predicted molar refractivity (Wildman–Crippen MR) is 390 cm³/mol. The number of rotatable bonds is 2. The second-order valence-electron chi connectivity index (χ2n) is 37.3. The van der Waals surface area contributed by atoms with Gasteiger partial charge in [-0.05, 0) is 272 Å². The van der Waals surface area contributed by atoms with Gasteiger partial charge >= 0.3 is 11.9 Å². The zero-order valence-electron chi connectivity index (χ0n) is 61.1. The summed E-state index contributed by atoms with van der Waals surface area (Å²) in [7, 11) is 0. The van der Waals surface area contributed by atoms with Crippen molar-refractivity contribution >= 4 is 11.9 Å². The van der Waals surface area contributed by atoms with Crippen molar-refractivity contribution in [1.82, 2.24) is 0 Å². The first-order chi connectivity index (χ1) is 45.7. The Kier molecular flexibility index (Phi) is 18.3. The van der Waals surface area contributed by atoms with E-state index in [0.717, 1.165) is 110 Å². The second-order valence-corrected chi connectivity index (χ2v) is 37.3. The van der Waals surface area contributed by atoms with E-state index in [0.29, 0.717) is 21.7 Å². The molecular weight excluding hydrogens is 1200 g/mol. The van der Waals surface area contributed by atoms with Crippen LogP contribution in [0.4, 0.5) is 0 Å². The predicted octanol–water partition coefficient (Wildman–Crippen LogP) is 20.3. The van der Waals surface area contributed by atoms with Gasteiger partial charge in [0.05, 0.1) is 23.4 Å². The Morgan fingerprint density at radius 2 is 0.742 bits per heavy atom. The molecule has 0 aromatic heterocycles. The highest BCUT2D eigenvalue weighted by Gasteiger charge is 2.67. The molecule has 10 fully saturated rings. The van der Waals surface area contributed by atoms with E-state index in [1.807, 2.05) is 6.08 Å². The van der Waals surface area contributed by atoms with E-state index in [1.54, 1.807) is 0 Å². The van der Waals surface area contributed by atoms with Gasteiger partial charge < -0.3 is 29.2 Å². The fourth-order valence-electron chi connectivity index (χ4n) is 28.2. The van der Waals surface area contributed by atoms with Crippen LogP contribution in [0.2, 0.25) is 0 Å². The van der Waals surface area contributed by atoms with E-state index in [2.05, 4.69) is 135 Å². The van der Waals surface area contributed by atoms with Crippen molar-refractivity contribution in [3.63, 3.8) is 0 Å². The molecule has 2 N–H and O–H groups in total. The number of hydrogen-bond acceptors (Lipinski definition) is 8. The average Bonchev–Trinajstić information content (AvgIpc) is 1.74. The third-order valence-corrected chi connectivity index (χ3v) is 33.8.